The van der Waals surface area contributed by atoms with Crippen molar-refractivity contribution in [3.63, 3.8) is 0 Å². The highest BCUT2D eigenvalue weighted by Crippen LogP contribution is 2.27. The molecule has 0 aliphatic heterocycles. The van der Waals surface area contributed by atoms with Gasteiger partial charge >= 0.3 is 51.9 Å². The first-order valence-corrected chi connectivity index (χ1v) is 9.73. The molecule has 0 aliphatic rings. The Morgan fingerprint density at radius 3 is 0.792 bits per heavy atom. The van der Waals surface area contributed by atoms with Gasteiger partial charge in [0.1, 0.15) is 0 Å². The number of hydrogen-bond acceptors (Lipinski definition) is 8. The zero-order valence-electron chi connectivity index (χ0n) is 9.92. The van der Waals surface area contributed by atoms with E-state index < -0.39 is 56.0 Å². The van der Waals surface area contributed by atoms with Gasteiger partial charge in [0.25, 0.3) is 0 Å². The van der Waals surface area contributed by atoms with Gasteiger partial charge in [-0.25, -0.2) is 16.8 Å². The minimum atomic E-state index is -6.60. The predicted octanol–water partition coefficient (Wildman–Crippen LogP) is -0.720. The molecule has 0 heterocycles. The number of nitrogens with one attached hydrogen (secondary N) is 2. The van der Waals surface area contributed by atoms with Crippen LogP contribution in [-0.4, -0.2) is 44.7 Å². The molecule has 24 heavy (non-hydrogen) atoms. The lowest BCUT2D eigenvalue weighted by atomic mass is 11.6. The van der Waals surface area contributed by atoms with E-state index in [1.54, 1.807) is 0 Å². The van der Waals surface area contributed by atoms with Crippen LogP contribution in [-0.2, 0) is 40.9 Å². The van der Waals surface area contributed by atoms with E-state index in [0.29, 0.717) is 0 Å². The van der Waals surface area contributed by atoms with Crippen LogP contribution in [0.4, 0.5) is 34.1 Å². The van der Waals surface area contributed by atoms with Gasteiger partial charge in [0.05, 0.1) is 0 Å². The van der Waals surface area contributed by atoms with Crippen LogP contribution in [0.2, 0.25) is 0 Å². The molecule has 0 radical (unpaired) electrons. The Labute approximate surface area is 128 Å². The number of halogens is 8. The molecule has 0 rings (SSSR count). The molecule has 2 N–H and O–H groups in total. The van der Waals surface area contributed by atoms with Crippen LogP contribution in [0.25, 0.3) is 0 Å². The summed E-state index contributed by atoms with van der Waals surface area (Å²) in [4.78, 5) is 0. The fraction of sp³-hybridized carbons (Fsp3) is 1.00. The van der Waals surface area contributed by atoms with Crippen molar-refractivity contribution < 1.29 is 67.8 Å². The quantitative estimate of drug-likeness (QED) is 0.409. The molecule has 0 fully saturated rings. The highest BCUT2D eigenvalue weighted by molar-refractivity contribution is 8.05. The van der Waals surface area contributed by atoms with Crippen molar-refractivity contribution in [3.8, 4) is 0 Å². The molecule has 0 saturated heterocycles. The fourth-order valence-corrected chi connectivity index (χ4v) is 3.22. The van der Waals surface area contributed by atoms with E-state index in [9.17, 15) is 67.8 Å². The number of alkyl halides is 6. The smallest absolute Gasteiger partial charge is 0.202 e. The van der Waals surface area contributed by atoms with Crippen molar-refractivity contribution in [1.82, 2.24) is 8.25 Å². The summed E-state index contributed by atoms with van der Waals surface area (Å²) >= 11 is 0. The molecule has 148 valence electrons. The molecule has 0 aliphatic carbocycles. The molecule has 0 aromatic carbocycles. The van der Waals surface area contributed by atoms with E-state index in [2.05, 4.69) is 0 Å². The fourth-order valence-electron chi connectivity index (χ4n) is 0.358. The Morgan fingerprint density at radius 2 is 0.708 bits per heavy atom. The maximum atomic E-state index is 11.5. The van der Waals surface area contributed by atoms with Gasteiger partial charge in [0.15, 0.2) is 0 Å². The van der Waals surface area contributed by atoms with Crippen LogP contribution in [0.1, 0.15) is 0 Å². The van der Waals surface area contributed by atoms with Crippen molar-refractivity contribution >= 4 is 40.9 Å². The summed E-state index contributed by atoms with van der Waals surface area (Å²) in [6, 6.07) is 0. The van der Waals surface area contributed by atoms with Gasteiger partial charge in [-0.05, 0) is 0 Å². The molecule has 0 aromatic heterocycles. The van der Waals surface area contributed by atoms with Crippen molar-refractivity contribution in [2.24, 2.45) is 0 Å². The Bertz CT molecular complexity index is 774. The highest BCUT2D eigenvalue weighted by Gasteiger charge is 2.55. The van der Waals surface area contributed by atoms with Gasteiger partial charge in [-0.3, -0.25) is 0 Å². The standard InChI is InChI=1S/C2HF6NO4S2.F2HNO4S2/c3-1(4,5)14(10,11)9-15(12,13)2(6,7)8;1-8(4,5)3-9(2,6)7/h9H;3H. The maximum Gasteiger partial charge on any atom is 0.512 e. The number of sulfonamides is 2. The van der Waals surface area contributed by atoms with Gasteiger partial charge in [0.2, 0.25) is 0 Å². The molecular weight excluding hydrogens is 460 g/mol. The predicted molar refractivity (Wildman–Crippen MR) is 56.3 cm³/mol. The lowest BCUT2D eigenvalue weighted by molar-refractivity contribution is -0.0476. The molecule has 0 bridgehead atoms. The average Bonchev–Trinajstić information content (AvgIpc) is 2.05. The molecule has 0 atom stereocenters. The number of hydrogen-bond donors (Lipinski definition) is 2. The van der Waals surface area contributed by atoms with Gasteiger partial charge in [-0.1, -0.05) is 16.0 Å². The normalized spacial score (nSPS) is 14.7. The first kappa shape index (κ1) is 25.4. The zero-order valence-corrected chi connectivity index (χ0v) is 13.2. The topological polar surface area (TPSA) is 161 Å². The summed E-state index contributed by atoms with van der Waals surface area (Å²) in [5, 5.41) is 0. The molecule has 0 spiro atoms. The third-order valence-corrected chi connectivity index (χ3v) is 5.59. The Morgan fingerprint density at radius 1 is 0.500 bits per heavy atom. The second-order valence-corrected chi connectivity index (χ2v) is 8.97. The summed E-state index contributed by atoms with van der Waals surface area (Å²) in [7, 11) is -24.2. The summed E-state index contributed by atoms with van der Waals surface area (Å²) in [5.74, 6) is 0. The van der Waals surface area contributed by atoms with E-state index in [-0.39, 0.29) is 4.13 Å². The highest BCUT2D eigenvalue weighted by atomic mass is 32.3. The molecule has 0 amide bonds. The molecule has 0 aromatic rings. The van der Waals surface area contributed by atoms with Crippen molar-refractivity contribution in [2.45, 2.75) is 11.0 Å². The van der Waals surface area contributed by atoms with Crippen LogP contribution in [0.3, 0.4) is 0 Å². The molecular formula is C2H2F8N2O8S4. The zero-order chi connectivity index (χ0) is 20.4. The summed E-state index contributed by atoms with van der Waals surface area (Å²) in [6.45, 7) is 0. The SMILES string of the molecule is O=S(=O)(F)NS(=O)(=O)F.O=S(=O)(NS(=O)(=O)C(F)(F)F)C(F)(F)F. The average molecular weight is 462 g/mol. The molecule has 0 unspecified atom stereocenters. The second kappa shape index (κ2) is 7.19. The lowest BCUT2D eigenvalue weighted by Crippen LogP contribution is -2.45. The monoisotopic (exact) mass is 462 g/mol. The van der Waals surface area contributed by atoms with Crippen LogP contribution >= 0.6 is 0 Å². The number of rotatable bonds is 4. The Hall–Kier alpha value is -0.840. The second-order valence-electron chi connectivity index (χ2n) is 2.94. The first-order valence-electron chi connectivity index (χ1n) is 4.00. The molecule has 22 heteroatoms. The van der Waals surface area contributed by atoms with Crippen LogP contribution in [0.5, 0.6) is 0 Å². The van der Waals surface area contributed by atoms with E-state index in [0.717, 1.165) is 0 Å². The summed E-state index contributed by atoms with van der Waals surface area (Å²) in [6.07, 6.45) is 0. The first-order chi connectivity index (χ1) is 9.91. The lowest BCUT2D eigenvalue weighted by Gasteiger charge is -2.11. The Balaban J connectivity index is 0. The minimum Gasteiger partial charge on any atom is -0.202 e. The van der Waals surface area contributed by atoms with Crippen LogP contribution in [0.15, 0.2) is 0 Å². The van der Waals surface area contributed by atoms with E-state index in [1.807, 2.05) is 0 Å². The van der Waals surface area contributed by atoms with E-state index in [4.69, 9.17) is 0 Å². The third kappa shape index (κ3) is 10.1. The van der Waals surface area contributed by atoms with Crippen molar-refractivity contribution in [1.29, 1.82) is 0 Å². The molecule has 10 nitrogen and oxygen atoms in total. The largest absolute Gasteiger partial charge is 0.512 e. The summed E-state index contributed by atoms with van der Waals surface area (Å²) in [5.41, 5.74) is -12.3. The maximum absolute atomic E-state index is 11.5. The van der Waals surface area contributed by atoms with Crippen molar-refractivity contribution in [3.05, 3.63) is 0 Å². The van der Waals surface area contributed by atoms with Crippen molar-refractivity contribution in [2.75, 3.05) is 0 Å². The van der Waals surface area contributed by atoms with E-state index >= 15 is 0 Å². The van der Waals surface area contributed by atoms with Crippen LogP contribution in [0, 0.1) is 0 Å². The third-order valence-electron chi connectivity index (χ3n) is 1.03. The van der Waals surface area contributed by atoms with Gasteiger partial charge < -0.3 is 0 Å². The summed E-state index contributed by atoms with van der Waals surface area (Å²) < 4.78 is 168. The van der Waals surface area contributed by atoms with Crippen LogP contribution < -0.4 is 8.25 Å². The molecule has 0 saturated carbocycles. The van der Waals surface area contributed by atoms with E-state index in [1.165, 1.54) is 0 Å². The van der Waals surface area contributed by atoms with Gasteiger partial charge in [-0.15, -0.1) is 0 Å². The van der Waals surface area contributed by atoms with Gasteiger partial charge in [0, 0.05) is 0 Å². The van der Waals surface area contributed by atoms with Gasteiger partial charge in [-0.2, -0.15) is 43.2 Å². The minimum absolute atomic E-state index is 0.0694. The Kier molecular flexibility index (Phi) is 7.60.